The van der Waals surface area contributed by atoms with E-state index in [1.807, 2.05) is 0 Å². The zero-order valence-electron chi connectivity index (χ0n) is 9.76. The van der Waals surface area contributed by atoms with Crippen LogP contribution in [-0.2, 0) is 0 Å². The second-order valence-electron chi connectivity index (χ2n) is 5.82. The van der Waals surface area contributed by atoms with E-state index >= 15 is 0 Å². The predicted molar refractivity (Wildman–Crippen MR) is 61.3 cm³/mol. The highest BCUT2D eigenvalue weighted by Crippen LogP contribution is 2.49. The minimum absolute atomic E-state index is 0.801. The molecule has 0 aromatic rings. The number of fused-ring (bicyclic) bond motifs is 2. The number of hydrogen-bond acceptors (Lipinski definition) is 1. The van der Waals surface area contributed by atoms with Crippen molar-refractivity contribution in [1.82, 2.24) is 5.32 Å². The lowest BCUT2D eigenvalue weighted by Gasteiger charge is -2.21. The Balaban J connectivity index is 1.58. The second kappa shape index (κ2) is 4.65. The number of rotatable bonds is 5. The van der Waals surface area contributed by atoms with Crippen LogP contribution in [0.4, 0.5) is 0 Å². The first-order valence-corrected chi connectivity index (χ1v) is 6.46. The van der Waals surface area contributed by atoms with E-state index in [0.29, 0.717) is 0 Å². The van der Waals surface area contributed by atoms with Crippen molar-refractivity contribution in [3.05, 3.63) is 0 Å². The molecule has 2 saturated carbocycles. The maximum absolute atomic E-state index is 3.57. The summed E-state index contributed by atoms with van der Waals surface area (Å²) in [4.78, 5) is 0. The van der Waals surface area contributed by atoms with Gasteiger partial charge in [-0.15, -0.1) is 0 Å². The summed E-state index contributed by atoms with van der Waals surface area (Å²) in [6.07, 6.45) is 7.64. The Hall–Kier alpha value is -0.0400. The molecule has 0 radical (unpaired) electrons. The number of hydrogen-bond donors (Lipinski definition) is 1. The Morgan fingerprint density at radius 2 is 2.07 bits per heavy atom. The molecule has 2 fully saturated rings. The molecule has 0 aromatic heterocycles. The zero-order chi connectivity index (χ0) is 9.97. The lowest BCUT2D eigenvalue weighted by molar-refractivity contribution is 0.308. The molecule has 3 atom stereocenters. The van der Waals surface area contributed by atoms with Crippen molar-refractivity contribution in [3.63, 3.8) is 0 Å². The fourth-order valence-electron chi connectivity index (χ4n) is 3.41. The van der Waals surface area contributed by atoms with E-state index in [2.05, 4.69) is 19.2 Å². The van der Waals surface area contributed by atoms with Crippen LogP contribution in [0.2, 0.25) is 0 Å². The molecule has 82 valence electrons. The van der Waals surface area contributed by atoms with Gasteiger partial charge in [-0.3, -0.25) is 0 Å². The van der Waals surface area contributed by atoms with E-state index in [-0.39, 0.29) is 0 Å². The molecule has 0 saturated heterocycles. The lowest BCUT2D eigenvalue weighted by Crippen LogP contribution is -2.24. The molecule has 0 aromatic carbocycles. The molecular formula is C13H25N. The maximum atomic E-state index is 3.57. The van der Waals surface area contributed by atoms with Gasteiger partial charge in [-0.2, -0.15) is 0 Å². The smallest absolute Gasteiger partial charge is 0.00258 e. The van der Waals surface area contributed by atoms with Crippen LogP contribution < -0.4 is 5.32 Å². The third-order valence-corrected chi connectivity index (χ3v) is 4.13. The van der Waals surface area contributed by atoms with Gasteiger partial charge >= 0.3 is 0 Å². The van der Waals surface area contributed by atoms with Crippen LogP contribution in [-0.4, -0.2) is 13.1 Å². The molecule has 1 nitrogen and oxygen atoms in total. The van der Waals surface area contributed by atoms with Gasteiger partial charge in [-0.05, 0) is 62.4 Å². The Labute approximate surface area is 88.7 Å². The fraction of sp³-hybridized carbons (Fsp3) is 1.00. The Morgan fingerprint density at radius 3 is 2.64 bits per heavy atom. The Morgan fingerprint density at radius 1 is 1.21 bits per heavy atom. The van der Waals surface area contributed by atoms with Crippen LogP contribution >= 0.6 is 0 Å². The normalized spacial score (nSPS) is 35.8. The van der Waals surface area contributed by atoms with Crippen LogP contribution in [0.25, 0.3) is 0 Å². The third kappa shape index (κ3) is 2.50. The van der Waals surface area contributed by atoms with Gasteiger partial charge in [0, 0.05) is 0 Å². The minimum atomic E-state index is 0.801. The molecule has 0 amide bonds. The maximum Gasteiger partial charge on any atom is -0.00258 e. The summed E-state index contributed by atoms with van der Waals surface area (Å²) in [5.41, 5.74) is 0. The quantitative estimate of drug-likeness (QED) is 0.665. The summed E-state index contributed by atoms with van der Waals surface area (Å²) >= 11 is 0. The average molecular weight is 195 g/mol. The van der Waals surface area contributed by atoms with Crippen molar-refractivity contribution in [2.24, 2.45) is 23.7 Å². The van der Waals surface area contributed by atoms with Crippen molar-refractivity contribution in [2.75, 3.05) is 13.1 Å². The number of nitrogens with one attached hydrogen (secondary N) is 1. The van der Waals surface area contributed by atoms with Crippen molar-refractivity contribution in [3.8, 4) is 0 Å². The standard InChI is InChI=1S/C13H25N/c1-10(2)9-14-6-5-13-8-11-3-4-12(13)7-11/h10-14H,3-9H2,1-2H3. The van der Waals surface area contributed by atoms with Crippen LogP contribution in [0, 0.1) is 23.7 Å². The van der Waals surface area contributed by atoms with E-state index in [9.17, 15) is 0 Å². The molecule has 14 heavy (non-hydrogen) atoms. The summed E-state index contributed by atoms with van der Waals surface area (Å²) in [7, 11) is 0. The SMILES string of the molecule is CC(C)CNCCC1CC2CCC1C2. The molecule has 2 aliphatic rings. The Bertz CT molecular complexity index is 176. The van der Waals surface area contributed by atoms with E-state index in [1.165, 1.54) is 19.5 Å². The minimum Gasteiger partial charge on any atom is -0.316 e. The largest absolute Gasteiger partial charge is 0.316 e. The molecule has 2 rings (SSSR count). The third-order valence-electron chi connectivity index (χ3n) is 4.13. The van der Waals surface area contributed by atoms with Gasteiger partial charge in [0.1, 0.15) is 0 Å². The van der Waals surface area contributed by atoms with E-state index < -0.39 is 0 Å². The highest BCUT2D eigenvalue weighted by Gasteiger charge is 2.38. The average Bonchev–Trinajstić information content (AvgIpc) is 2.73. The first kappa shape index (κ1) is 10.5. The molecule has 2 aliphatic carbocycles. The highest BCUT2D eigenvalue weighted by molar-refractivity contribution is 4.89. The first-order valence-electron chi connectivity index (χ1n) is 6.46. The fourth-order valence-corrected chi connectivity index (χ4v) is 3.41. The van der Waals surface area contributed by atoms with Crippen molar-refractivity contribution < 1.29 is 0 Å². The first-order chi connectivity index (χ1) is 6.75. The summed E-state index contributed by atoms with van der Waals surface area (Å²) in [5, 5.41) is 3.57. The molecule has 2 bridgehead atoms. The lowest BCUT2D eigenvalue weighted by atomic mass is 9.86. The summed E-state index contributed by atoms with van der Waals surface area (Å²) in [6.45, 7) is 7.02. The van der Waals surface area contributed by atoms with Gasteiger partial charge in [-0.25, -0.2) is 0 Å². The molecular weight excluding hydrogens is 170 g/mol. The topological polar surface area (TPSA) is 12.0 Å². The molecule has 0 heterocycles. The van der Waals surface area contributed by atoms with Crippen LogP contribution in [0.15, 0.2) is 0 Å². The van der Waals surface area contributed by atoms with Crippen molar-refractivity contribution in [2.45, 2.75) is 46.0 Å². The zero-order valence-corrected chi connectivity index (χ0v) is 9.76. The van der Waals surface area contributed by atoms with E-state index in [1.54, 1.807) is 25.7 Å². The molecule has 0 spiro atoms. The van der Waals surface area contributed by atoms with Crippen molar-refractivity contribution >= 4 is 0 Å². The summed E-state index contributed by atoms with van der Waals surface area (Å²) in [5.74, 6) is 4.11. The van der Waals surface area contributed by atoms with Gasteiger partial charge in [-0.1, -0.05) is 20.3 Å². The van der Waals surface area contributed by atoms with Gasteiger partial charge in [0.25, 0.3) is 0 Å². The Kier molecular flexibility index (Phi) is 3.48. The van der Waals surface area contributed by atoms with Gasteiger partial charge < -0.3 is 5.32 Å². The van der Waals surface area contributed by atoms with Gasteiger partial charge in [0.2, 0.25) is 0 Å². The van der Waals surface area contributed by atoms with Crippen LogP contribution in [0.3, 0.4) is 0 Å². The van der Waals surface area contributed by atoms with E-state index in [0.717, 1.165) is 23.7 Å². The van der Waals surface area contributed by atoms with E-state index in [4.69, 9.17) is 0 Å². The van der Waals surface area contributed by atoms with Crippen LogP contribution in [0.5, 0.6) is 0 Å². The molecule has 0 aliphatic heterocycles. The molecule has 3 unspecified atom stereocenters. The van der Waals surface area contributed by atoms with Gasteiger partial charge in [0.05, 0.1) is 0 Å². The van der Waals surface area contributed by atoms with Gasteiger partial charge in [0.15, 0.2) is 0 Å². The summed E-state index contributed by atoms with van der Waals surface area (Å²) < 4.78 is 0. The molecule has 1 heteroatoms. The monoisotopic (exact) mass is 195 g/mol. The summed E-state index contributed by atoms with van der Waals surface area (Å²) in [6, 6.07) is 0. The predicted octanol–water partition coefficient (Wildman–Crippen LogP) is 3.06. The van der Waals surface area contributed by atoms with Crippen molar-refractivity contribution in [1.29, 1.82) is 0 Å². The molecule has 1 N–H and O–H groups in total. The highest BCUT2D eigenvalue weighted by atomic mass is 14.8. The van der Waals surface area contributed by atoms with Crippen LogP contribution in [0.1, 0.15) is 46.0 Å². The second-order valence-corrected chi connectivity index (χ2v) is 5.82.